The molecule has 6 nitrogen and oxygen atoms in total. The number of halogens is 3. The van der Waals surface area contributed by atoms with Crippen LogP contribution < -0.4 is 0 Å². The Bertz CT molecular complexity index is 358. The highest BCUT2D eigenvalue weighted by molar-refractivity contribution is 7.80. The van der Waals surface area contributed by atoms with Crippen LogP contribution in [0, 0.1) is 0 Å². The minimum atomic E-state index is -4.41. The zero-order valence-electron chi connectivity index (χ0n) is 10.1. The molecule has 0 radical (unpaired) electrons. The number of nitrogens with zero attached hydrogens (tertiary/aromatic N) is 2. The zero-order chi connectivity index (χ0) is 14.4. The summed E-state index contributed by atoms with van der Waals surface area (Å²) in [4.78, 5) is 1.04. The van der Waals surface area contributed by atoms with Crippen LogP contribution in [0.5, 0.6) is 0 Å². The Morgan fingerprint density at radius 2 is 1.59 bits per heavy atom. The molecule has 0 amide bonds. The molecule has 0 rings (SSSR count). The van der Waals surface area contributed by atoms with Gasteiger partial charge in [-0.05, 0) is 0 Å². The van der Waals surface area contributed by atoms with Gasteiger partial charge in [-0.1, -0.05) is 0 Å². The second-order valence-corrected chi connectivity index (χ2v) is 4.33. The smallest absolute Gasteiger partial charge is 0.494 e. The standard InChI is InChI=1S/C6H12F3N2.CH4O4S/c1-10(2)5(11(3)4)6(7,8)9;1-5-6(2,3)4/h1-4H3;1H3,(H,2,3,4)/q+1;/p-1. The zero-order valence-corrected chi connectivity index (χ0v) is 10.9. The molecule has 0 spiro atoms. The summed E-state index contributed by atoms with van der Waals surface area (Å²) in [7, 11) is 1.85. The van der Waals surface area contributed by atoms with Crippen LogP contribution in [-0.4, -0.2) is 69.8 Å². The Kier molecular flexibility index (Phi) is 7.36. The Labute approximate surface area is 98.2 Å². The molecular weight excluding hydrogens is 265 g/mol. The predicted octanol–water partition coefficient (Wildman–Crippen LogP) is -0.126. The molecule has 10 heteroatoms. The van der Waals surface area contributed by atoms with Gasteiger partial charge in [0, 0.05) is 0 Å². The van der Waals surface area contributed by atoms with Crippen LogP contribution in [0.1, 0.15) is 0 Å². The van der Waals surface area contributed by atoms with Gasteiger partial charge in [0.2, 0.25) is 10.4 Å². The van der Waals surface area contributed by atoms with E-state index in [1.807, 2.05) is 0 Å². The van der Waals surface area contributed by atoms with Crippen LogP contribution in [0.4, 0.5) is 13.2 Å². The molecule has 0 aliphatic rings. The summed E-state index contributed by atoms with van der Waals surface area (Å²) < 4.78 is 68.4. The van der Waals surface area contributed by atoms with E-state index >= 15 is 0 Å². The lowest BCUT2D eigenvalue weighted by atomic mass is 10.5. The van der Waals surface area contributed by atoms with Crippen molar-refractivity contribution in [3.05, 3.63) is 0 Å². The topological polar surface area (TPSA) is 72.7 Å². The maximum Gasteiger partial charge on any atom is 0.494 e. The third kappa shape index (κ3) is 10.0. The Balaban J connectivity index is 0. The fourth-order valence-electron chi connectivity index (χ4n) is 0.907. The van der Waals surface area contributed by atoms with E-state index in [9.17, 15) is 26.1 Å². The van der Waals surface area contributed by atoms with Gasteiger partial charge < -0.3 is 4.55 Å². The van der Waals surface area contributed by atoms with Gasteiger partial charge in [-0.25, -0.2) is 8.42 Å². The van der Waals surface area contributed by atoms with Crippen molar-refractivity contribution in [2.45, 2.75) is 6.18 Å². The highest BCUT2D eigenvalue weighted by Crippen LogP contribution is 2.17. The van der Waals surface area contributed by atoms with Gasteiger partial charge in [0.05, 0.1) is 35.3 Å². The van der Waals surface area contributed by atoms with Gasteiger partial charge in [0.1, 0.15) is 0 Å². The Hall–Kier alpha value is -0.870. The predicted molar refractivity (Wildman–Crippen MR) is 53.6 cm³/mol. The average molecular weight is 280 g/mol. The van der Waals surface area contributed by atoms with Crippen LogP contribution in [0.15, 0.2) is 0 Å². The third-order valence-corrected chi connectivity index (χ3v) is 1.71. The first-order valence-electron chi connectivity index (χ1n) is 4.13. The summed E-state index contributed by atoms with van der Waals surface area (Å²) in [5.74, 6) is -0.655. The molecule has 17 heavy (non-hydrogen) atoms. The quantitative estimate of drug-likeness (QED) is 0.220. The van der Waals surface area contributed by atoms with Crippen molar-refractivity contribution in [1.82, 2.24) is 4.90 Å². The Morgan fingerprint density at radius 1 is 1.29 bits per heavy atom. The van der Waals surface area contributed by atoms with Crippen molar-refractivity contribution in [1.29, 1.82) is 0 Å². The fourth-order valence-corrected chi connectivity index (χ4v) is 0.907. The Morgan fingerprint density at radius 3 is 1.59 bits per heavy atom. The summed E-state index contributed by atoms with van der Waals surface area (Å²) in [6.07, 6.45) is -4.27. The van der Waals surface area contributed by atoms with E-state index in [4.69, 9.17) is 0 Å². The molecular formula is C7H15F3N2O4S. The second-order valence-electron chi connectivity index (χ2n) is 3.19. The van der Waals surface area contributed by atoms with Crippen molar-refractivity contribution in [2.24, 2.45) is 0 Å². The van der Waals surface area contributed by atoms with Gasteiger partial charge in [-0.3, -0.25) is 13.7 Å². The lowest BCUT2D eigenvalue weighted by Gasteiger charge is -2.13. The molecule has 0 saturated heterocycles. The van der Waals surface area contributed by atoms with E-state index in [1.54, 1.807) is 0 Å². The summed E-state index contributed by atoms with van der Waals surface area (Å²) in [6.45, 7) is 0. The van der Waals surface area contributed by atoms with E-state index in [-0.39, 0.29) is 0 Å². The normalized spacial score (nSPS) is 11.4. The van der Waals surface area contributed by atoms with Crippen LogP contribution >= 0.6 is 0 Å². The number of hydrogen-bond acceptors (Lipinski definition) is 4. The van der Waals surface area contributed by atoms with Crippen LogP contribution in [0.25, 0.3) is 0 Å². The van der Waals surface area contributed by atoms with E-state index < -0.39 is 22.4 Å². The number of alkyl halides is 3. The van der Waals surface area contributed by atoms with Crippen molar-refractivity contribution in [3.63, 3.8) is 0 Å². The van der Waals surface area contributed by atoms with E-state index in [1.165, 1.54) is 28.2 Å². The van der Waals surface area contributed by atoms with Crippen LogP contribution in [0.3, 0.4) is 0 Å². The van der Waals surface area contributed by atoms with Gasteiger partial charge in [0.15, 0.2) is 0 Å². The molecule has 0 saturated carbocycles. The highest BCUT2D eigenvalue weighted by atomic mass is 32.3. The number of amidine groups is 1. The van der Waals surface area contributed by atoms with Gasteiger partial charge >= 0.3 is 12.0 Å². The lowest BCUT2D eigenvalue weighted by molar-refractivity contribution is -0.479. The molecule has 0 fully saturated rings. The second kappa shape index (κ2) is 6.77. The summed E-state index contributed by atoms with van der Waals surface area (Å²) in [6, 6.07) is 0. The van der Waals surface area contributed by atoms with Crippen LogP contribution in [0.2, 0.25) is 0 Å². The van der Waals surface area contributed by atoms with Gasteiger partial charge in [-0.15, -0.1) is 0 Å². The highest BCUT2D eigenvalue weighted by Gasteiger charge is 2.44. The average Bonchev–Trinajstić information content (AvgIpc) is 1.98. The van der Waals surface area contributed by atoms with E-state index in [0.29, 0.717) is 0 Å². The maximum atomic E-state index is 12.1. The molecule has 0 atom stereocenters. The summed E-state index contributed by atoms with van der Waals surface area (Å²) in [5, 5.41) is 0. The van der Waals surface area contributed by atoms with Gasteiger partial charge in [0.25, 0.3) is 0 Å². The minimum Gasteiger partial charge on any atom is -0.726 e. The number of rotatable bonds is 1. The first-order valence-corrected chi connectivity index (χ1v) is 5.46. The van der Waals surface area contributed by atoms with E-state index in [0.717, 1.165) is 16.6 Å². The molecule has 0 aromatic rings. The minimum absolute atomic E-state index is 0.655. The van der Waals surface area contributed by atoms with Crippen molar-refractivity contribution < 1.29 is 34.9 Å². The molecule has 0 heterocycles. The lowest BCUT2D eigenvalue weighted by Crippen LogP contribution is -2.41. The molecule has 0 aromatic heterocycles. The molecule has 0 aliphatic heterocycles. The van der Waals surface area contributed by atoms with Crippen molar-refractivity contribution in [2.75, 3.05) is 35.3 Å². The maximum absolute atomic E-state index is 12.1. The van der Waals surface area contributed by atoms with E-state index in [2.05, 4.69) is 4.18 Å². The van der Waals surface area contributed by atoms with Crippen LogP contribution in [-0.2, 0) is 14.6 Å². The first-order chi connectivity index (χ1) is 7.33. The fraction of sp³-hybridized carbons (Fsp3) is 0.857. The molecule has 0 N–H and O–H groups in total. The monoisotopic (exact) mass is 280 g/mol. The first kappa shape index (κ1) is 18.5. The van der Waals surface area contributed by atoms with Crippen molar-refractivity contribution in [3.8, 4) is 0 Å². The van der Waals surface area contributed by atoms with Crippen molar-refractivity contribution >= 4 is 16.2 Å². The van der Waals surface area contributed by atoms with Gasteiger partial charge in [-0.2, -0.15) is 13.2 Å². The molecule has 0 aliphatic carbocycles. The third-order valence-electron chi connectivity index (χ3n) is 1.30. The summed E-state index contributed by atoms with van der Waals surface area (Å²) >= 11 is 0. The molecule has 0 bridgehead atoms. The summed E-state index contributed by atoms with van der Waals surface area (Å²) in [5.41, 5.74) is 0. The largest absolute Gasteiger partial charge is 0.726 e. The molecule has 104 valence electrons. The molecule has 0 aromatic carbocycles. The molecule has 0 unspecified atom stereocenters. The SMILES string of the molecule is CN(C)C(=[N+](C)C)C(F)(F)F.COS(=O)(=O)[O-]. The number of hydrogen-bond donors (Lipinski definition) is 0.